The van der Waals surface area contributed by atoms with Gasteiger partial charge < -0.3 is 11.1 Å². The summed E-state index contributed by atoms with van der Waals surface area (Å²) in [6.07, 6.45) is 4.59. The molecule has 7 heteroatoms. The average molecular weight is 483 g/mol. The van der Waals surface area contributed by atoms with Crippen LogP contribution in [0.4, 0.5) is 5.82 Å². The van der Waals surface area contributed by atoms with E-state index in [0.29, 0.717) is 18.1 Å². The first kappa shape index (κ1) is 24.0. The maximum Gasteiger partial charge on any atom is 0.249 e. The molecule has 0 saturated heterocycles. The fourth-order valence-electron chi connectivity index (χ4n) is 5.10. The number of benzene rings is 2. The number of primary amides is 1. The summed E-state index contributed by atoms with van der Waals surface area (Å²) in [6.45, 7) is 7.91. The van der Waals surface area contributed by atoms with E-state index in [4.69, 9.17) is 15.7 Å². The van der Waals surface area contributed by atoms with E-state index in [9.17, 15) is 4.79 Å². The molecule has 0 aliphatic carbocycles. The first-order chi connectivity index (χ1) is 17.5. The highest BCUT2D eigenvalue weighted by molar-refractivity contribution is 6.06. The van der Waals surface area contributed by atoms with Crippen LogP contribution in [0, 0.1) is 6.92 Å². The third-order valence-corrected chi connectivity index (χ3v) is 7.00. The van der Waals surface area contributed by atoms with E-state index in [-0.39, 0.29) is 0 Å². The van der Waals surface area contributed by atoms with E-state index in [1.165, 1.54) is 30.4 Å². The summed E-state index contributed by atoms with van der Waals surface area (Å²) < 4.78 is 2.03. The minimum absolute atomic E-state index is 0.433. The van der Waals surface area contributed by atoms with Crippen molar-refractivity contribution < 1.29 is 4.79 Å². The number of carbonyl (C=O) groups is 1. The zero-order chi connectivity index (χ0) is 25.1. The molecular weight excluding hydrogens is 448 g/mol. The van der Waals surface area contributed by atoms with Gasteiger partial charge in [0.2, 0.25) is 11.9 Å². The Morgan fingerprint density at radius 3 is 2.69 bits per heavy atom. The van der Waals surface area contributed by atoms with E-state index in [1.54, 1.807) is 6.07 Å². The normalized spacial score (nSPS) is 13.6. The van der Waals surface area contributed by atoms with Crippen molar-refractivity contribution in [1.82, 2.24) is 19.4 Å². The lowest BCUT2D eigenvalue weighted by molar-refractivity contribution is 0.100. The third kappa shape index (κ3) is 4.84. The fourth-order valence-corrected chi connectivity index (χ4v) is 5.10. The van der Waals surface area contributed by atoms with Crippen LogP contribution in [-0.2, 0) is 19.5 Å². The number of amides is 1. The SMILES string of the molecule is CCCCCN1CCc2nc(-n3c(C)cc4c(C(N)=O)cccc43)nc(NCc3ccccc3)c2C1. The molecule has 0 radical (unpaired) electrons. The molecule has 0 saturated carbocycles. The number of rotatable bonds is 9. The fraction of sp³-hybridized carbons (Fsp3) is 0.345. The summed E-state index contributed by atoms with van der Waals surface area (Å²) in [5, 5.41) is 4.43. The molecule has 3 N–H and O–H groups in total. The first-order valence-electron chi connectivity index (χ1n) is 12.9. The van der Waals surface area contributed by atoms with Gasteiger partial charge in [-0.25, -0.2) is 4.98 Å². The number of hydrogen-bond acceptors (Lipinski definition) is 5. The predicted octanol–water partition coefficient (Wildman–Crippen LogP) is 4.99. The van der Waals surface area contributed by atoms with Crippen LogP contribution in [0.2, 0.25) is 0 Å². The second-order valence-electron chi connectivity index (χ2n) is 9.59. The van der Waals surface area contributed by atoms with Crippen molar-refractivity contribution in [3.8, 4) is 5.95 Å². The minimum atomic E-state index is -0.433. The van der Waals surface area contributed by atoms with E-state index in [2.05, 4.69) is 41.4 Å². The number of carbonyl (C=O) groups excluding carboxylic acids is 1. The zero-order valence-electron chi connectivity index (χ0n) is 21.1. The van der Waals surface area contributed by atoms with Gasteiger partial charge in [-0.1, -0.05) is 56.2 Å². The number of aryl methyl sites for hydroxylation is 1. The first-order valence-corrected chi connectivity index (χ1v) is 12.9. The van der Waals surface area contributed by atoms with Crippen LogP contribution in [0.25, 0.3) is 16.9 Å². The molecule has 7 nitrogen and oxygen atoms in total. The van der Waals surface area contributed by atoms with Gasteiger partial charge in [0.15, 0.2) is 0 Å². The molecule has 2 aromatic heterocycles. The average Bonchev–Trinajstić information content (AvgIpc) is 3.23. The molecule has 36 heavy (non-hydrogen) atoms. The van der Waals surface area contributed by atoms with E-state index in [0.717, 1.165) is 54.2 Å². The highest BCUT2D eigenvalue weighted by Gasteiger charge is 2.24. The maximum atomic E-state index is 12.0. The van der Waals surface area contributed by atoms with Gasteiger partial charge in [-0.3, -0.25) is 14.3 Å². The lowest BCUT2D eigenvalue weighted by atomic mass is 10.1. The van der Waals surface area contributed by atoms with Gasteiger partial charge in [0.1, 0.15) is 5.82 Å². The van der Waals surface area contributed by atoms with Gasteiger partial charge in [0.05, 0.1) is 11.2 Å². The smallest absolute Gasteiger partial charge is 0.249 e. The predicted molar refractivity (Wildman–Crippen MR) is 144 cm³/mol. The van der Waals surface area contributed by atoms with Gasteiger partial charge in [-0.15, -0.1) is 0 Å². The van der Waals surface area contributed by atoms with Gasteiger partial charge in [-0.2, -0.15) is 4.98 Å². The highest BCUT2D eigenvalue weighted by atomic mass is 16.1. The lowest BCUT2D eigenvalue weighted by Crippen LogP contribution is -2.33. The number of nitrogens with two attached hydrogens (primary N) is 1. The molecular formula is C29H34N6O. The summed E-state index contributed by atoms with van der Waals surface area (Å²) in [5.74, 6) is 1.07. The van der Waals surface area contributed by atoms with E-state index >= 15 is 0 Å². The molecule has 4 aromatic rings. The maximum absolute atomic E-state index is 12.0. The molecule has 1 amide bonds. The Hall–Kier alpha value is -3.71. The van der Waals surface area contributed by atoms with Crippen LogP contribution in [0.3, 0.4) is 0 Å². The van der Waals surface area contributed by atoms with Crippen molar-refractivity contribution in [3.63, 3.8) is 0 Å². The van der Waals surface area contributed by atoms with Crippen LogP contribution in [0.5, 0.6) is 0 Å². The third-order valence-electron chi connectivity index (χ3n) is 7.00. The molecule has 0 spiro atoms. The summed E-state index contributed by atoms with van der Waals surface area (Å²) in [4.78, 5) is 24.7. The van der Waals surface area contributed by atoms with Crippen molar-refractivity contribution in [1.29, 1.82) is 0 Å². The molecule has 5 rings (SSSR count). The van der Waals surface area contributed by atoms with Gasteiger partial charge in [-0.05, 0) is 43.7 Å². The summed E-state index contributed by atoms with van der Waals surface area (Å²) in [6, 6.07) is 18.0. The molecule has 0 fully saturated rings. The molecule has 1 aliphatic heterocycles. The Kier molecular flexibility index (Phi) is 7.00. The number of aromatic nitrogens is 3. The van der Waals surface area contributed by atoms with Crippen molar-refractivity contribution in [2.75, 3.05) is 18.4 Å². The van der Waals surface area contributed by atoms with Crippen LogP contribution < -0.4 is 11.1 Å². The van der Waals surface area contributed by atoms with E-state index < -0.39 is 5.91 Å². The monoisotopic (exact) mass is 482 g/mol. The van der Waals surface area contributed by atoms with Crippen LogP contribution in [0.15, 0.2) is 54.6 Å². The second kappa shape index (κ2) is 10.5. The molecule has 3 heterocycles. The van der Waals surface area contributed by atoms with Gasteiger partial charge in [0, 0.05) is 48.3 Å². The van der Waals surface area contributed by atoms with Crippen molar-refractivity contribution in [2.24, 2.45) is 5.73 Å². The summed E-state index contributed by atoms with van der Waals surface area (Å²) >= 11 is 0. The zero-order valence-corrected chi connectivity index (χ0v) is 21.1. The van der Waals surface area contributed by atoms with Gasteiger partial charge >= 0.3 is 0 Å². The Bertz CT molecular complexity index is 1380. The Balaban J connectivity index is 1.56. The molecule has 0 bridgehead atoms. The Morgan fingerprint density at radius 1 is 1.08 bits per heavy atom. The Labute approximate surface area is 212 Å². The van der Waals surface area contributed by atoms with Crippen molar-refractivity contribution >= 4 is 22.6 Å². The summed E-state index contributed by atoms with van der Waals surface area (Å²) in [7, 11) is 0. The van der Waals surface area contributed by atoms with Crippen LogP contribution >= 0.6 is 0 Å². The topological polar surface area (TPSA) is 89.1 Å². The van der Waals surface area contributed by atoms with Gasteiger partial charge in [0.25, 0.3) is 0 Å². The summed E-state index contributed by atoms with van der Waals surface area (Å²) in [5.41, 5.74) is 11.5. The number of nitrogens with one attached hydrogen (secondary N) is 1. The number of fused-ring (bicyclic) bond motifs is 2. The minimum Gasteiger partial charge on any atom is -0.366 e. The molecule has 0 atom stereocenters. The standard InChI is InChI=1S/C29H34N6O/c1-3-4-8-15-34-16-14-25-24(19-34)28(31-18-21-10-6-5-7-11-21)33-29(32-25)35-20(2)17-23-22(27(30)36)12-9-13-26(23)35/h5-7,9-13,17H,3-4,8,14-16,18-19H2,1-2H3,(H2,30,36)(H,31,32,33). The number of hydrogen-bond donors (Lipinski definition) is 2. The molecule has 2 aromatic carbocycles. The Morgan fingerprint density at radius 2 is 1.92 bits per heavy atom. The number of anilines is 1. The van der Waals surface area contributed by atoms with Crippen LogP contribution in [0.1, 0.15) is 59.1 Å². The number of unbranched alkanes of at least 4 members (excludes halogenated alkanes) is 2. The van der Waals surface area contributed by atoms with Crippen molar-refractivity contribution in [3.05, 3.63) is 82.7 Å². The van der Waals surface area contributed by atoms with E-state index in [1.807, 2.05) is 35.8 Å². The highest BCUT2D eigenvalue weighted by Crippen LogP contribution is 2.30. The number of nitrogens with zero attached hydrogens (tertiary/aromatic N) is 4. The molecule has 1 aliphatic rings. The quantitative estimate of drug-likeness (QED) is 0.328. The second-order valence-corrected chi connectivity index (χ2v) is 9.59. The van der Waals surface area contributed by atoms with Crippen LogP contribution in [-0.4, -0.2) is 38.4 Å². The molecule has 0 unspecified atom stereocenters. The van der Waals surface area contributed by atoms with Crippen molar-refractivity contribution in [2.45, 2.75) is 52.6 Å². The lowest BCUT2D eigenvalue weighted by Gasteiger charge is -2.30. The largest absolute Gasteiger partial charge is 0.366 e. The molecule has 186 valence electrons.